The molecule has 0 heterocycles. The van der Waals surface area contributed by atoms with Crippen LogP contribution in [0.2, 0.25) is 0 Å². The molecule has 4 atom stereocenters. The number of thiol groups is 1. The van der Waals surface area contributed by atoms with Crippen LogP contribution in [-0.2, 0) is 30.4 Å². The number of amides is 4. The quantitative estimate of drug-likeness (QED) is 0.140. The first-order valence-electron chi connectivity index (χ1n) is 10.4. The van der Waals surface area contributed by atoms with Gasteiger partial charge in [-0.2, -0.15) is 24.4 Å². The first kappa shape index (κ1) is 29.3. The number of aliphatic carboxylic acids is 1. The molecule has 1 aromatic rings. The van der Waals surface area contributed by atoms with Crippen molar-refractivity contribution < 1.29 is 29.1 Å². The lowest BCUT2D eigenvalue weighted by atomic mass is 10.1. The number of rotatable bonds is 15. The number of nitrogens with two attached hydrogens (primary N) is 2. The van der Waals surface area contributed by atoms with Gasteiger partial charge in [-0.05, 0) is 30.4 Å². The zero-order valence-electron chi connectivity index (χ0n) is 18.7. The standard InChI is InChI=1S/C21H31N5O6S2/c1-34-8-7-14(24-18(28)13(22)9-12-5-3-2-4-6-12)19(29)26-16(11-33)20(30)25-15(21(31)32)10-17(23)27/h2-6,13-16,33H,7-11,22H2,1H3,(H2,23,27)(H,24,28)(H,25,30)(H,26,29)(H,31,32). The van der Waals surface area contributed by atoms with Gasteiger partial charge in [-0.1, -0.05) is 30.3 Å². The van der Waals surface area contributed by atoms with Crippen molar-refractivity contribution in [1.29, 1.82) is 0 Å². The lowest BCUT2D eigenvalue weighted by Gasteiger charge is -2.24. The summed E-state index contributed by atoms with van der Waals surface area (Å²) in [5.74, 6) is -4.00. The number of hydrogen-bond acceptors (Lipinski definition) is 8. The minimum absolute atomic E-state index is 0.156. The van der Waals surface area contributed by atoms with Crippen molar-refractivity contribution in [3.8, 4) is 0 Å². The number of thioether (sulfide) groups is 1. The van der Waals surface area contributed by atoms with E-state index in [1.165, 1.54) is 11.8 Å². The molecule has 4 unspecified atom stereocenters. The number of nitrogens with one attached hydrogen (secondary N) is 3. The molecule has 13 heteroatoms. The van der Waals surface area contributed by atoms with Gasteiger partial charge in [0, 0.05) is 5.75 Å². The minimum Gasteiger partial charge on any atom is -0.480 e. The number of benzene rings is 1. The number of primary amides is 1. The highest BCUT2D eigenvalue weighted by Crippen LogP contribution is 2.06. The average Bonchev–Trinajstić information content (AvgIpc) is 2.79. The Bertz CT molecular complexity index is 857. The first-order chi connectivity index (χ1) is 16.1. The van der Waals surface area contributed by atoms with Crippen LogP contribution in [0.15, 0.2) is 30.3 Å². The Hall–Kier alpha value is -2.77. The summed E-state index contributed by atoms with van der Waals surface area (Å²) in [7, 11) is 0. The molecule has 34 heavy (non-hydrogen) atoms. The zero-order chi connectivity index (χ0) is 25.7. The molecule has 0 fully saturated rings. The van der Waals surface area contributed by atoms with E-state index in [1.807, 2.05) is 36.6 Å². The number of carbonyl (C=O) groups excluding carboxylic acids is 4. The first-order valence-corrected chi connectivity index (χ1v) is 12.4. The summed E-state index contributed by atoms with van der Waals surface area (Å²) < 4.78 is 0. The minimum atomic E-state index is -1.55. The molecule has 0 saturated heterocycles. The van der Waals surface area contributed by atoms with Crippen LogP contribution >= 0.6 is 24.4 Å². The van der Waals surface area contributed by atoms with Gasteiger partial charge in [-0.15, -0.1) is 0 Å². The highest BCUT2D eigenvalue weighted by Gasteiger charge is 2.30. The van der Waals surface area contributed by atoms with E-state index >= 15 is 0 Å². The van der Waals surface area contributed by atoms with Gasteiger partial charge in [-0.25, -0.2) is 4.79 Å². The third-order valence-corrected chi connectivity index (χ3v) is 5.72. The molecule has 0 spiro atoms. The van der Waals surface area contributed by atoms with E-state index in [0.717, 1.165) is 5.56 Å². The summed E-state index contributed by atoms with van der Waals surface area (Å²) in [5, 5.41) is 16.4. The van der Waals surface area contributed by atoms with Gasteiger partial charge in [0.15, 0.2) is 0 Å². The molecular weight excluding hydrogens is 482 g/mol. The van der Waals surface area contributed by atoms with Crippen molar-refractivity contribution in [2.24, 2.45) is 11.5 Å². The second kappa shape index (κ2) is 15.2. The summed E-state index contributed by atoms with van der Waals surface area (Å²) in [6, 6.07) is 4.56. The highest BCUT2D eigenvalue weighted by atomic mass is 32.2. The molecule has 0 aliphatic carbocycles. The maximum absolute atomic E-state index is 12.9. The highest BCUT2D eigenvalue weighted by molar-refractivity contribution is 7.98. The average molecular weight is 514 g/mol. The fourth-order valence-electron chi connectivity index (χ4n) is 2.88. The van der Waals surface area contributed by atoms with E-state index in [4.69, 9.17) is 16.6 Å². The van der Waals surface area contributed by atoms with Crippen molar-refractivity contribution in [2.75, 3.05) is 17.8 Å². The fourth-order valence-corrected chi connectivity index (χ4v) is 3.61. The van der Waals surface area contributed by atoms with Crippen LogP contribution in [0.5, 0.6) is 0 Å². The molecule has 0 radical (unpaired) electrons. The Morgan fingerprint density at radius 2 is 1.53 bits per heavy atom. The molecule has 1 aromatic carbocycles. The Kier molecular flexibility index (Phi) is 13.1. The number of carboxylic acids is 1. The second-order valence-electron chi connectivity index (χ2n) is 7.45. The van der Waals surface area contributed by atoms with E-state index in [-0.39, 0.29) is 18.6 Å². The maximum atomic E-state index is 12.9. The van der Waals surface area contributed by atoms with Crippen molar-refractivity contribution in [2.45, 2.75) is 43.4 Å². The van der Waals surface area contributed by atoms with Crippen molar-refractivity contribution in [3.63, 3.8) is 0 Å². The summed E-state index contributed by atoms with van der Waals surface area (Å²) in [5.41, 5.74) is 11.9. The smallest absolute Gasteiger partial charge is 0.326 e. The number of hydrogen-bond donors (Lipinski definition) is 7. The Labute approximate surface area is 207 Å². The van der Waals surface area contributed by atoms with Crippen molar-refractivity contribution >= 4 is 54.0 Å². The van der Waals surface area contributed by atoms with Crippen LogP contribution in [0, 0.1) is 0 Å². The molecule has 0 bridgehead atoms. The molecule has 0 aliphatic rings. The third kappa shape index (κ3) is 10.4. The normalized spacial score (nSPS) is 14.2. The third-order valence-electron chi connectivity index (χ3n) is 4.71. The zero-order valence-corrected chi connectivity index (χ0v) is 20.4. The fraction of sp³-hybridized carbons (Fsp3) is 0.476. The van der Waals surface area contributed by atoms with E-state index in [2.05, 4.69) is 28.6 Å². The Morgan fingerprint density at radius 1 is 0.971 bits per heavy atom. The molecule has 4 amide bonds. The van der Waals surface area contributed by atoms with Crippen LogP contribution in [-0.4, -0.2) is 76.6 Å². The van der Waals surface area contributed by atoms with E-state index in [0.29, 0.717) is 5.75 Å². The SMILES string of the molecule is CSCCC(NC(=O)C(N)Cc1ccccc1)C(=O)NC(CS)C(=O)NC(CC(N)=O)C(=O)O. The lowest BCUT2D eigenvalue weighted by molar-refractivity contribution is -0.143. The molecule has 1 rings (SSSR count). The monoisotopic (exact) mass is 513 g/mol. The van der Waals surface area contributed by atoms with Gasteiger partial charge >= 0.3 is 5.97 Å². The predicted molar refractivity (Wildman–Crippen MR) is 132 cm³/mol. The number of carboxylic acid groups (broad SMARTS) is 1. The van der Waals surface area contributed by atoms with Crippen molar-refractivity contribution in [3.05, 3.63) is 35.9 Å². The van der Waals surface area contributed by atoms with Gasteiger partial charge in [-0.3, -0.25) is 19.2 Å². The predicted octanol–water partition coefficient (Wildman–Crippen LogP) is -1.35. The molecule has 8 N–H and O–H groups in total. The van der Waals surface area contributed by atoms with Crippen LogP contribution in [0.1, 0.15) is 18.4 Å². The van der Waals surface area contributed by atoms with Gasteiger partial charge < -0.3 is 32.5 Å². The molecular formula is C21H31N5O6S2. The molecule has 0 saturated carbocycles. The topological polar surface area (TPSA) is 194 Å². The van der Waals surface area contributed by atoms with Crippen LogP contribution in [0.3, 0.4) is 0 Å². The Morgan fingerprint density at radius 3 is 2.06 bits per heavy atom. The largest absolute Gasteiger partial charge is 0.480 e. The molecule has 0 aromatic heterocycles. The van der Waals surface area contributed by atoms with Crippen LogP contribution in [0.25, 0.3) is 0 Å². The second-order valence-corrected chi connectivity index (χ2v) is 8.80. The molecule has 188 valence electrons. The van der Waals surface area contributed by atoms with Gasteiger partial charge in [0.2, 0.25) is 23.6 Å². The van der Waals surface area contributed by atoms with Gasteiger partial charge in [0.1, 0.15) is 18.1 Å². The van der Waals surface area contributed by atoms with Crippen molar-refractivity contribution in [1.82, 2.24) is 16.0 Å². The lowest BCUT2D eigenvalue weighted by Crippen LogP contribution is -2.58. The maximum Gasteiger partial charge on any atom is 0.326 e. The summed E-state index contributed by atoms with van der Waals surface area (Å²) in [4.78, 5) is 60.2. The molecule has 11 nitrogen and oxygen atoms in total. The Balaban J connectivity index is 2.82. The summed E-state index contributed by atoms with van der Waals surface area (Å²) in [6.07, 6.45) is 1.78. The summed E-state index contributed by atoms with van der Waals surface area (Å²) in [6.45, 7) is 0. The molecule has 0 aliphatic heterocycles. The number of carbonyl (C=O) groups is 5. The van der Waals surface area contributed by atoms with E-state index < -0.39 is 60.2 Å². The van der Waals surface area contributed by atoms with Gasteiger partial charge in [0.25, 0.3) is 0 Å². The summed E-state index contributed by atoms with van der Waals surface area (Å²) >= 11 is 5.51. The van der Waals surface area contributed by atoms with Crippen LogP contribution < -0.4 is 27.4 Å². The van der Waals surface area contributed by atoms with E-state index in [9.17, 15) is 24.0 Å². The van der Waals surface area contributed by atoms with Crippen LogP contribution in [0.4, 0.5) is 0 Å². The van der Waals surface area contributed by atoms with E-state index in [1.54, 1.807) is 0 Å². The van der Waals surface area contributed by atoms with Gasteiger partial charge in [0.05, 0.1) is 12.5 Å².